The van der Waals surface area contributed by atoms with Crippen LogP contribution in [0.4, 0.5) is 0 Å². The van der Waals surface area contributed by atoms with Crippen molar-refractivity contribution in [1.29, 1.82) is 0 Å². The number of pyridine rings is 1. The molecule has 13 heavy (non-hydrogen) atoms. The molecule has 0 aliphatic heterocycles. The predicted molar refractivity (Wildman–Crippen MR) is 50.5 cm³/mol. The van der Waals surface area contributed by atoms with Gasteiger partial charge in [0.15, 0.2) is 0 Å². The molecule has 0 unspecified atom stereocenters. The second kappa shape index (κ2) is 2.85. The maximum Gasteiger partial charge on any atom is 0.249 e. The second-order valence-electron chi connectivity index (χ2n) is 2.82. The van der Waals surface area contributed by atoms with Crippen LogP contribution in [0.25, 0.3) is 6.08 Å². The van der Waals surface area contributed by atoms with Gasteiger partial charge < -0.3 is 5.73 Å². The highest BCUT2D eigenvalue weighted by Gasteiger charge is 2.15. The van der Waals surface area contributed by atoms with Gasteiger partial charge in [0.25, 0.3) is 0 Å². The monoisotopic (exact) mass is 194 g/mol. The Balaban J connectivity index is 2.67. The van der Waals surface area contributed by atoms with Gasteiger partial charge in [-0.3, -0.25) is 4.79 Å². The molecule has 2 N–H and O–H groups in total. The van der Waals surface area contributed by atoms with Crippen molar-refractivity contribution in [3.8, 4) is 0 Å². The van der Waals surface area contributed by atoms with E-state index in [2.05, 4.69) is 4.98 Å². The summed E-state index contributed by atoms with van der Waals surface area (Å²) in [4.78, 5) is 15.1. The molecular formula is C9H7ClN2O. The van der Waals surface area contributed by atoms with Crippen molar-refractivity contribution in [3.05, 3.63) is 34.1 Å². The van der Waals surface area contributed by atoms with Gasteiger partial charge in [-0.2, -0.15) is 0 Å². The molecule has 0 spiro atoms. The van der Waals surface area contributed by atoms with Gasteiger partial charge in [0.05, 0.1) is 11.3 Å². The summed E-state index contributed by atoms with van der Waals surface area (Å²) in [5, 5.41) is 0.316. The number of aromatic nitrogens is 1. The summed E-state index contributed by atoms with van der Waals surface area (Å²) in [7, 11) is 0. The van der Waals surface area contributed by atoms with Crippen LogP contribution in [0.2, 0.25) is 5.15 Å². The van der Waals surface area contributed by atoms with Crippen molar-refractivity contribution in [1.82, 2.24) is 4.98 Å². The van der Waals surface area contributed by atoms with Crippen LogP contribution in [0.5, 0.6) is 0 Å². The highest BCUT2D eigenvalue weighted by Crippen LogP contribution is 2.23. The summed E-state index contributed by atoms with van der Waals surface area (Å²) in [5.41, 5.74) is 7.27. The van der Waals surface area contributed by atoms with E-state index in [1.807, 2.05) is 12.2 Å². The standard InChI is InChI=1S/C9H7ClN2O/c10-8-4-6(9(11)13)5-2-1-3-7(5)12-8/h1-2,4H,3H2,(H2,11,13). The fourth-order valence-electron chi connectivity index (χ4n) is 1.41. The quantitative estimate of drug-likeness (QED) is 0.688. The Morgan fingerprint density at radius 2 is 2.38 bits per heavy atom. The number of halogens is 1. The van der Waals surface area contributed by atoms with E-state index in [1.165, 1.54) is 6.07 Å². The minimum atomic E-state index is -0.466. The van der Waals surface area contributed by atoms with Gasteiger partial charge in [0, 0.05) is 12.0 Å². The molecule has 0 aromatic carbocycles. The van der Waals surface area contributed by atoms with Gasteiger partial charge in [-0.25, -0.2) is 4.98 Å². The lowest BCUT2D eigenvalue weighted by Crippen LogP contribution is -2.13. The predicted octanol–water partition coefficient (Wildman–Crippen LogP) is 1.40. The largest absolute Gasteiger partial charge is 0.366 e. The average molecular weight is 195 g/mol. The number of nitrogens with zero attached hydrogens (tertiary/aromatic N) is 1. The lowest BCUT2D eigenvalue weighted by Gasteiger charge is -2.03. The zero-order valence-corrected chi connectivity index (χ0v) is 7.51. The third-order valence-corrected chi connectivity index (χ3v) is 2.16. The van der Waals surface area contributed by atoms with Gasteiger partial charge in [0.1, 0.15) is 5.15 Å². The van der Waals surface area contributed by atoms with E-state index in [9.17, 15) is 4.79 Å². The van der Waals surface area contributed by atoms with E-state index in [0.717, 1.165) is 17.7 Å². The molecule has 1 aliphatic carbocycles. The Morgan fingerprint density at radius 1 is 1.62 bits per heavy atom. The van der Waals surface area contributed by atoms with Crippen LogP contribution < -0.4 is 5.73 Å². The maximum atomic E-state index is 11.0. The van der Waals surface area contributed by atoms with Crippen molar-refractivity contribution in [2.24, 2.45) is 5.73 Å². The first-order valence-corrected chi connectivity index (χ1v) is 4.22. The van der Waals surface area contributed by atoms with Crippen molar-refractivity contribution in [3.63, 3.8) is 0 Å². The number of rotatable bonds is 1. The van der Waals surface area contributed by atoms with Crippen LogP contribution in [0.15, 0.2) is 12.1 Å². The summed E-state index contributed by atoms with van der Waals surface area (Å²) < 4.78 is 0. The first kappa shape index (κ1) is 8.26. The van der Waals surface area contributed by atoms with Crippen molar-refractivity contribution >= 4 is 23.6 Å². The summed E-state index contributed by atoms with van der Waals surface area (Å²) in [6, 6.07) is 1.50. The van der Waals surface area contributed by atoms with Gasteiger partial charge >= 0.3 is 0 Å². The normalized spacial score (nSPS) is 13.0. The minimum absolute atomic E-state index is 0.316. The van der Waals surface area contributed by atoms with Crippen LogP contribution >= 0.6 is 11.6 Å². The molecule has 0 saturated heterocycles. The van der Waals surface area contributed by atoms with E-state index in [0.29, 0.717) is 10.7 Å². The number of nitrogens with two attached hydrogens (primary N) is 1. The summed E-state index contributed by atoms with van der Waals surface area (Å²) in [6.45, 7) is 0. The topological polar surface area (TPSA) is 56.0 Å². The summed E-state index contributed by atoms with van der Waals surface area (Å²) in [5.74, 6) is -0.466. The molecule has 3 nitrogen and oxygen atoms in total. The molecule has 1 aromatic heterocycles. The molecule has 0 bridgehead atoms. The average Bonchev–Trinajstić information content (AvgIpc) is 2.49. The first-order chi connectivity index (χ1) is 6.18. The third-order valence-electron chi connectivity index (χ3n) is 1.97. The molecule has 2 rings (SSSR count). The van der Waals surface area contributed by atoms with Crippen molar-refractivity contribution in [2.45, 2.75) is 6.42 Å². The van der Waals surface area contributed by atoms with Gasteiger partial charge in [0.2, 0.25) is 5.91 Å². The molecule has 66 valence electrons. The van der Waals surface area contributed by atoms with Crippen LogP contribution in [-0.2, 0) is 6.42 Å². The van der Waals surface area contributed by atoms with Crippen LogP contribution in [0.3, 0.4) is 0 Å². The zero-order valence-electron chi connectivity index (χ0n) is 6.75. The fourth-order valence-corrected chi connectivity index (χ4v) is 1.62. The van der Waals surface area contributed by atoms with E-state index in [4.69, 9.17) is 17.3 Å². The molecule has 1 aromatic rings. The van der Waals surface area contributed by atoms with E-state index in [-0.39, 0.29) is 0 Å². The summed E-state index contributed by atoms with van der Waals surface area (Å²) in [6.07, 6.45) is 4.50. The Bertz CT molecular complexity index is 412. The Morgan fingerprint density at radius 3 is 3.08 bits per heavy atom. The number of primary amides is 1. The first-order valence-electron chi connectivity index (χ1n) is 3.84. The molecule has 0 radical (unpaired) electrons. The number of amides is 1. The molecule has 0 atom stereocenters. The van der Waals surface area contributed by atoms with Gasteiger partial charge in [-0.1, -0.05) is 23.8 Å². The molecule has 1 aliphatic rings. The highest BCUT2D eigenvalue weighted by atomic mass is 35.5. The lowest BCUT2D eigenvalue weighted by atomic mass is 10.1. The van der Waals surface area contributed by atoms with Crippen molar-refractivity contribution in [2.75, 3.05) is 0 Å². The number of fused-ring (bicyclic) bond motifs is 1. The van der Waals surface area contributed by atoms with E-state index >= 15 is 0 Å². The second-order valence-corrected chi connectivity index (χ2v) is 3.21. The van der Waals surface area contributed by atoms with Crippen LogP contribution in [-0.4, -0.2) is 10.9 Å². The molecule has 0 fully saturated rings. The van der Waals surface area contributed by atoms with Gasteiger partial charge in [-0.15, -0.1) is 0 Å². The number of carbonyl (C=O) groups excluding carboxylic acids is 1. The molecule has 0 saturated carbocycles. The third kappa shape index (κ3) is 1.31. The Kier molecular flexibility index (Phi) is 1.81. The van der Waals surface area contributed by atoms with Crippen molar-refractivity contribution < 1.29 is 4.79 Å². The molecule has 1 heterocycles. The molecule has 4 heteroatoms. The maximum absolute atomic E-state index is 11.0. The van der Waals surface area contributed by atoms with Gasteiger partial charge in [-0.05, 0) is 6.07 Å². The number of allylic oxidation sites excluding steroid dienone is 1. The van der Waals surface area contributed by atoms with Crippen LogP contribution in [0.1, 0.15) is 21.6 Å². The highest BCUT2D eigenvalue weighted by molar-refractivity contribution is 6.29. The van der Waals surface area contributed by atoms with Crippen LogP contribution in [0, 0.1) is 0 Å². The zero-order chi connectivity index (χ0) is 9.42. The Labute approximate surface area is 80.2 Å². The molecule has 1 amide bonds. The fraction of sp³-hybridized carbons (Fsp3) is 0.111. The van der Waals surface area contributed by atoms with E-state index in [1.54, 1.807) is 0 Å². The van der Waals surface area contributed by atoms with E-state index < -0.39 is 5.91 Å². The minimum Gasteiger partial charge on any atom is -0.366 e. The number of hydrogen-bond donors (Lipinski definition) is 1. The SMILES string of the molecule is NC(=O)c1cc(Cl)nc2c1C=CC2. The smallest absolute Gasteiger partial charge is 0.249 e. The molecular weight excluding hydrogens is 188 g/mol. The number of carbonyl (C=O) groups is 1. The Hall–Kier alpha value is -1.35. The number of hydrogen-bond acceptors (Lipinski definition) is 2. The lowest BCUT2D eigenvalue weighted by molar-refractivity contribution is 0.1000. The summed E-state index contributed by atoms with van der Waals surface area (Å²) >= 11 is 5.73.